The fourth-order valence-corrected chi connectivity index (χ4v) is 0.250. The monoisotopic (exact) mass is 90.1 g/mol. The fraction of sp³-hybridized carbons (Fsp3) is 1.00. The van der Waals surface area contributed by atoms with E-state index in [1.165, 1.54) is 0 Å². The maximum Gasteiger partial charge on any atom is -0.00775 e. The zero-order chi connectivity index (χ0) is 4.12. The van der Waals surface area contributed by atoms with E-state index in [-0.39, 0.29) is 6.15 Å². The van der Waals surface area contributed by atoms with Gasteiger partial charge in [0.05, 0.1) is 0 Å². The van der Waals surface area contributed by atoms with Crippen LogP contribution in [0.15, 0.2) is 0 Å². The van der Waals surface area contributed by atoms with Crippen molar-refractivity contribution < 1.29 is 0 Å². The molecule has 0 fully saturated rings. The first-order valence-corrected chi connectivity index (χ1v) is 2.12. The normalized spacial score (nSPS) is 7.00. The molecule has 0 bridgehead atoms. The summed E-state index contributed by atoms with van der Waals surface area (Å²) in [6, 6.07) is 0. The van der Waals surface area contributed by atoms with Crippen molar-refractivity contribution in [2.45, 2.75) is 13.8 Å². The molecule has 6 heavy (non-hydrogen) atoms. The van der Waals surface area contributed by atoms with E-state index in [1.807, 2.05) is 0 Å². The number of rotatable bonds is 2. The van der Waals surface area contributed by atoms with Crippen molar-refractivity contribution in [3.05, 3.63) is 0 Å². The van der Waals surface area contributed by atoms with Crippen LogP contribution in [0.3, 0.4) is 0 Å². The minimum absolute atomic E-state index is 0. The van der Waals surface area contributed by atoms with Gasteiger partial charge in [0, 0.05) is 0 Å². The zero-order valence-corrected chi connectivity index (χ0v) is 4.62. The van der Waals surface area contributed by atoms with Crippen LogP contribution < -0.4 is 11.5 Å². The van der Waals surface area contributed by atoms with Gasteiger partial charge in [0.15, 0.2) is 0 Å². The molecule has 4 N–H and O–H groups in total. The Bertz CT molecular complexity index is 13.0. The van der Waals surface area contributed by atoms with Gasteiger partial charge < -0.3 is 11.5 Å². The molecule has 0 rings (SSSR count). The molecule has 0 aliphatic carbocycles. The van der Waals surface area contributed by atoms with Crippen LogP contribution in [0.4, 0.5) is 0 Å². The molecular formula is C4H14N2. The van der Waals surface area contributed by atoms with Crippen LogP contribution in [0.1, 0.15) is 13.8 Å². The van der Waals surface area contributed by atoms with Crippen molar-refractivity contribution in [3.8, 4) is 0 Å². The van der Waals surface area contributed by atoms with E-state index in [1.54, 1.807) is 0 Å². The highest BCUT2D eigenvalue weighted by Gasteiger charge is 1.62. The Kier molecular flexibility index (Phi) is 13.8. The average molecular weight is 90.2 g/mol. The topological polar surface area (TPSA) is 47.0 Å². The molecular weight excluding hydrogens is 76.1 g/mol. The zero-order valence-electron chi connectivity index (χ0n) is 4.62. The van der Waals surface area contributed by atoms with Crippen LogP contribution in [0.2, 0.25) is 0 Å². The first-order valence-electron chi connectivity index (χ1n) is 2.12. The standard InChI is InChI=1S/C4H11N.H3N/c1-3-5-4-2;/h5H,3-4H2,1-2H3;1H3. The van der Waals surface area contributed by atoms with Gasteiger partial charge in [-0.3, -0.25) is 0 Å². The maximum absolute atomic E-state index is 3.11. The molecule has 0 spiro atoms. The highest BCUT2D eigenvalue weighted by atomic mass is 14.8. The van der Waals surface area contributed by atoms with Crippen LogP contribution >= 0.6 is 0 Å². The molecule has 0 aliphatic heterocycles. The van der Waals surface area contributed by atoms with Crippen molar-refractivity contribution in [1.82, 2.24) is 11.5 Å². The lowest BCUT2D eigenvalue weighted by atomic mass is 10.7. The Balaban J connectivity index is 0. The van der Waals surface area contributed by atoms with E-state index in [0.717, 1.165) is 13.1 Å². The van der Waals surface area contributed by atoms with Crippen molar-refractivity contribution in [2.24, 2.45) is 0 Å². The van der Waals surface area contributed by atoms with E-state index in [2.05, 4.69) is 19.2 Å². The summed E-state index contributed by atoms with van der Waals surface area (Å²) >= 11 is 0. The van der Waals surface area contributed by atoms with Crippen molar-refractivity contribution in [2.75, 3.05) is 13.1 Å². The minimum atomic E-state index is 0. The lowest BCUT2D eigenvalue weighted by molar-refractivity contribution is 0.762. The van der Waals surface area contributed by atoms with Gasteiger partial charge >= 0.3 is 0 Å². The Morgan fingerprint density at radius 2 is 1.50 bits per heavy atom. The van der Waals surface area contributed by atoms with Crippen LogP contribution in [0.5, 0.6) is 0 Å². The van der Waals surface area contributed by atoms with Crippen molar-refractivity contribution in [1.29, 1.82) is 0 Å². The highest BCUT2D eigenvalue weighted by Crippen LogP contribution is 1.47. The molecule has 0 unspecified atom stereocenters. The summed E-state index contributed by atoms with van der Waals surface area (Å²) < 4.78 is 0. The van der Waals surface area contributed by atoms with Gasteiger partial charge in [-0.1, -0.05) is 13.8 Å². The molecule has 0 aromatic heterocycles. The van der Waals surface area contributed by atoms with Gasteiger partial charge in [-0.2, -0.15) is 0 Å². The third-order valence-corrected chi connectivity index (χ3v) is 0.500. The summed E-state index contributed by atoms with van der Waals surface area (Å²) in [5.74, 6) is 0. The summed E-state index contributed by atoms with van der Waals surface area (Å²) in [5.41, 5.74) is 0. The second-order valence-electron chi connectivity index (χ2n) is 0.957. The predicted molar refractivity (Wildman–Crippen MR) is 29.2 cm³/mol. The maximum atomic E-state index is 3.11. The van der Waals surface area contributed by atoms with E-state index >= 15 is 0 Å². The van der Waals surface area contributed by atoms with Gasteiger partial charge in [0.25, 0.3) is 0 Å². The average Bonchev–Trinajstić information content (AvgIpc) is 1.41. The molecule has 0 aromatic rings. The third-order valence-electron chi connectivity index (χ3n) is 0.500. The Hall–Kier alpha value is -0.0800. The van der Waals surface area contributed by atoms with Gasteiger partial charge in [-0.15, -0.1) is 0 Å². The van der Waals surface area contributed by atoms with E-state index < -0.39 is 0 Å². The van der Waals surface area contributed by atoms with Crippen molar-refractivity contribution >= 4 is 0 Å². The number of hydrogen-bond acceptors (Lipinski definition) is 2. The molecule has 2 heteroatoms. The number of nitrogens with one attached hydrogen (secondary N) is 1. The van der Waals surface area contributed by atoms with Crippen LogP contribution in [0.25, 0.3) is 0 Å². The SMILES string of the molecule is CCNCC.N. The smallest absolute Gasteiger partial charge is 0.00775 e. The molecule has 40 valence electrons. The second kappa shape index (κ2) is 8.87. The molecule has 0 amide bonds. The molecule has 0 saturated heterocycles. The summed E-state index contributed by atoms with van der Waals surface area (Å²) in [6.07, 6.45) is 0. The Labute approximate surface area is 39.5 Å². The van der Waals surface area contributed by atoms with E-state index in [4.69, 9.17) is 0 Å². The van der Waals surface area contributed by atoms with Gasteiger partial charge in [0.2, 0.25) is 0 Å². The molecule has 2 nitrogen and oxygen atoms in total. The summed E-state index contributed by atoms with van der Waals surface area (Å²) in [7, 11) is 0. The van der Waals surface area contributed by atoms with Gasteiger partial charge in [-0.25, -0.2) is 0 Å². The van der Waals surface area contributed by atoms with Gasteiger partial charge in [0.1, 0.15) is 0 Å². The molecule has 0 atom stereocenters. The van der Waals surface area contributed by atoms with Gasteiger partial charge in [-0.05, 0) is 13.1 Å². The van der Waals surface area contributed by atoms with Crippen LogP contribution in [-0.4, -0.2) is 13.1 Å². The van der Waals surface area contributed by atoms with Crippen molar-refractivity contribution in [3.63, 3.8) is 0 Å². The van der Waals surface area contributed by atoms with E-state index in [9.17, 15) is 0 Å². The molecule has 0 aromatic carbocycles. The first kappa shape index (κ1) is 9.33. The second-order valence-corrected chi connectivity index (χ2v) is 0.957. The quantitative estimate of drug-likeness (QED) is 0.526. The third kappa shape index (κ3) is 9.07. The fourth-order valence-electron chi connectivity index (χ4n) is 0.250. The summed E-state index contributed by atoms with van der Waals surface area (Å²) in [6.45, 7) is 6.39. The predicted octanol–water partition coefficient (Wildman–Crippen LogP) is 0.778. The molecule has 0 aliphatic rings. The molecule has 0 heterocycles. The molecule has 0 radical (unpaired) electrons. The lowest BCUT2D eigenvalue weighted by Gasteiger charge is -1.86. The summed E-state index contributed by atoms with van der Waals surface area (Å²) in [5, 5.41) is 3.11. The Morgan fingerprint density at radius 3 is 1.50 bits per heavy atom. The summed E-state index contributed by atoms with van der Waals surface area (Å²) in [4.78, 5) is 0. The lowest BCUT2D eigenvalue weighted by Crippen LogP contribution is -2.09. The molecule has 0 saturated carbocycles. The van der Waals surface area contributed by atoms with Crippen LogP contribution in [-0.2, 0) is 0 Å². The minimum Gasteiger partial charge on any atom is -0.344 e. The van der Waals surface area contributed by atoms with E-state index in [0.29, 0.717) is 0 Å². The Morgan fingerprint density at radius 1 is 1.17 bits per heavy atom. The number of hydrogen-bond donors (Lipinski definition) is 2. The highest BCUT2D eigenvalue weighted by molar-refractivity contribution is 4.27. The van der Waals surface area contributed by atoms with Crippen LogP contribution in [0, 0.1) is 0 Å². The first-order chi connectivity index (χ1) is 2.41. The largest absolute Gasteiger partial charge is 0.344 e.